The molecule has 1 atom stereocenters. The SMILES string of the molecule is CCC(=O)N1CCCCC1c1nnc2n1CCN(C(=O)COCc1ccccc1)CC2. The van der Waals surface area contributed by atoms with E-state index in [1.165, 1.54) is 0 Å². The van der Waals surface area contributed by atoms with Gasteiger partial charge in [-0.15, -0.1) is 10.2 Å². The molecule has 0 saturated carbocycles. The zero-order valence-electron chi connectivity index (χ0n) is 18.2. The van der Waals surface area contributed by atoms with Crippen molar-refractivity contribution in [2.45, 2.75) is 58.2 Å². The summed E-state index contributed by atoms with van der Waals surface area (Å²) in [5, 5.41) is 8.89. The van der Waals surface area contributed by atoms with Crippen LogP contribution in [0.4, 0.5) is 0 Å². The third kappa shape index (κ3) is 4.95. The zero-order valence-corrected chi connectivity index (χ0v) is 18.2. The van der Waals surface area contributed by atoms with Gasteiger partial charge in [0.2, 0.25) is 11.8 Å². The highest BCUT2D eigenvalue weighted by atomic mass is 16.5. The van der Waals surface area contributed by atoms with Gasteiger partial charge in [-0.1, -0.05) is 37.3 Å². The number of nitrogens with zero attached hydrogens (tertiary/aromatic N) is 5. The van der Waals surface area contributed by atoms with Gasteiger partial charge in [0.25, 0.3) is 0 Å². The van der Waals surface area contributed by atoms with E-state index in [2.05, 4.69) is 14.8 Å². The number of carbonyl (C=O) groups excluding carboxylic acids is 2. The highest BCUT2D eigenvalue weighted by Gasteiger charge is 2.32. The van der Waals surface area contributed by atoms with Crippen LogP contribution in [0, 0.1) is 0 Å². The summed E-state index contributed by atoms with van der Waals surface area (Å²) in [6.07, 6.45) is 4.20. The monoisotopic (exact) mass is 425 g/mol. The molecule has 0 N–H and O–H groups in total. The van der Waals surface area contributed by atoms with Crippen LogP contribution in [0.5, 0.6) is 0 Å². The fraction of sp³-hybridized carbons (Fsp3) is 0.565. The van der Waals surface area contributed by atoms with Crippen LogP contribution in [0.2, 0.25) is 0 Å². The highest BCUT2D eigenvalue weighted by molar-refractivity contribution is 5.77. The Balaban J connectivity index is 1.37. The molecule has 8 heteroatoms. The molecule has 2 aromatic rings. The Labute approximate surface area is 183 Å². The number of benzene rings is 1. The molecule has 1 unspecified atom stereocenters. The van der Waals surface area contributed by atoms with Gasteiger partial charge in [0.1, 0.15) is 12.4 Å². The second-order valence-electron chi connectivity index (χ2n) is 8.19. The largest absolute Gasteiger partial charge is 0.367 e. The molecule has 0 radical (unpaired) electrons. The van der Waals surface area contributed by atoms with Crippen molar-refractivity contribution >= 4 is 11.8 Å². The number of hydrogen-bond acceptors (Lipinski definition) is 5. The topological polar surface area (TPSA) is 80.6 Å². The van der Waals surface area contributed by atoms with E-state index < -0.39 is 0 Å². The fourth-order valence-corrected chi connectivity index (χ4v) is 4.46. The first-order valence-electron chi connectivity index (χ1n) is 11.3. The van der Waals surface area contributed by atoms with E-state index in [4.69, 9.17) is 4.74 Å². The number of fused-ring (bicyclic) bond motifs is 1. The van der Waals surface area contributed by atoms with E-state index in [0.717, 1.165) is 43.0 Å². The van der Waals surface area contributed by atoms with Crippen LogP contribution in [0.15, 0.2) is 30.3 Å². The van der Waals surface area contributed by atoms with Gasteiger partial charge < -0.3 is 19.1 Å². The van der Waals surface area contributed by atoms with Gasteiger partial charge >= 0.3 is 0 Å². The van der Waals surface area contributed by atoms with Gasteiger partial charge in [-0.2, -0.15) is 0 Å². The van der Waals surface area contributed by atoms with Crippen molar-refractivity contribution < 1.29 is 14.3 Å². The Morgan fingerprint density at radius 3 is 2.68 bits per heavy atom. The molecule has 8 nitrogen and oxygen atoms in total. The van der Waals surface area contributed by atoms with Crippen LogP contribution in [0.1, 0.15) is 55.9 Å². The number of rotatable bonds is 6. The van der Waals surface area contributed by atoms with Gasteiger partial charge in [0.15, 0.2) is 5.82 Å². The third-order valence-electron chi connectivity index (χ3n) is 6.17. The summed E-state index contributed by atoms with van der Waals surface area (Å²) in [5.41, 5.74) is 1.06. The molecule has 1 aromatic heterocycles. The number of aromatic nitrogens is 3. The number of hydrogen-bond donors (Lipinski definition) is 0. The first-order chi connectivity index (χ1) is 15.2. The molecular formula is C23H31N5O3. The molecule has 1 aromatic carbocycles. The Morgan fingerprint density at radius 2 is 1.87 bits per heavy atom. The maximum absolute atomic E-state index is 12.7. The average molecular weight is 426 g/mol. The minimum absolute atomic E-state index is 0.00310. The Kier molecular flexibility index (Phi) is 6.96. The van der Waals surface area contributed by atoms with Gasteiger partial charge in [-0.3, -0.25) is 9.59 Å². The molecule has 2 amide bonds. The minimum Gasteiger partial charge on any atom is -0.367 e. The second-order valence-corrected chi connectivity index (χ2v) is 8.19. The molecule has 2 aliphatic rings. The summed E-state index contributed by atoms with van der Waals surface area (Å²) >= 11 is 0. The highest BCUT2D eigenvalue weighted by Crippen LogP contribution is 2.31. The standard InChI is InChI=1S/C23H31N5O3/c1-2-21(29)27-12-7-6-10-19(27)23-25-24-20-11-13-26(14-15-28(20)23)22(30)17-31-16-18-8-4-3-5-9-18/h3-5,8-9,19H,2,6-7,10-17H2,1H3. The number of likely N-dealkylation sites (tertiary alicyclic amines) is 1. The molecule has 2 aliphatic heterocycles. The molecule has 1 fully saturated rings. The van der Waals surface area contributed by atoms with Crippen LogP contribution in [-0.2, 0) is 33.9 Å². The number of ether oxygens (including phenoxy) is 1. The van der Waals surface area contributed by atoms with E-state index in [1.54, 1.807) is 0 Å². The van der Waals surface area contributed by atoms with Crippen LogP contribution in [0.3, 0.4) is 0 Å². The maximum atomic E-state index is 12.7. The van der Waals surface area contributed by atoms with Gasteiger partial charge in [-0.25, -0.2) is 0 Å². The number of carbonyl (C=O) groups is 2. The Hall–Kier alpha value is -2.74. The van der Waals surface area contributed by atoms with E-state index in [-0.39, 0.29) is 24.5 Å². The molecular weight excluding hydrogens is 394 g/mol. The number of piperidine rings is 1. The molecule has 4 rings (SSSR count). The molecule has 0 aliphatic carbocycles. The summed E-state index contributed by atoms with van der Waals surface area (Å²) in [7, 11) is 0. The van der Waals surface area contributed by atoms with E-state index >= 15 is 0 Å². The summed E-state index contributed by atoms with van der Waals surface area (Å²) in [4.78, 5) is 28.9. The van der Waals surface area contributed by atoms with Crippen LogP contribution in [0.25, 0.3) is 0 Å². The molecule has 0 spiro atoms. The molecule has 166 valence electrons. The number of amides is 2. The predicted octanol–water partition coefficient (Wildman–Crippen LogP) is 2.34. The molecule has 1 saturated heterocycles. The maximum Gasteiger partial charge on any atom is 0.248 e. The lowest BCUT2D eigenvalue weighted by Gasteiger charge is -2.35. The van der Waals surface area contributed by atoms with Crippen molar-refractivity contribution in [3.05, 3.63) is 47.5 Å². The zero-order chi connectivity index (χ0) is 21.6. The minimum atomic E-state index is -0.0149. The first kappa shape index (κ1) is 21.5. The lowest BCUT2D eigenvalue weighted by atomic mass is 10.0. The lowest BCUT2D eigenvalue weighted by Crippen LogP contribution is -2.40. The molecule has 0 bridgehead atoms. The summed E-state index contributed by atoms with van der Waals surface area (Å²) in [5.74, 6) is 1.93. The van der Waals surface area contributed by atoms with Crippen molar-refractivity contribution in [2.75, 3.05) is 26.2 Å². The van der Waals surface area contributed by atoms with Gasteiger partial charge in [0, 0.05) is 39.0 Å². The second kappa shape index (κ2) is 10.0. The van der Waals surface area contributed by atoms with Crippen LogP contribution >= 0.6 is 0 Å². The van der Waals surface area contributed by atoms with Crippen molar-refractivity contribution in [2.24, 2.45) is 0 Å². The smallest absolute Gasteiger partial charge is 0.248 e. The average Bonchev–Trinajstić information content (AvgIpc) is 3.09. The quantitative estimate of drug-likeness (QED) is 0.710. The van der Waals surface area contributed by atoms with Crippen molar-refractivity contribution in [1.82, 2.24) is 24.6 Å². The summed E-state index contributed by atoms with van der Waals surface area (Å²) < 4.78 is 7.76. The van der Waals surface area contributed by atoms with E-state index in [1.807, 2.05) is 47.1 Å². The van der Waals surface area contributed by atoms with Gasteiger partial charge in [-0.05, 0) is 24.8 Å². The van der Waals surface area contributed by atoms with Gasteiger partial charge in [0.05, 0.1) is 12.6 Å². The van der Waals surface area contributed by atoms with E-state index in [0.29, 0.717) is 39.1 Å². The van der Waals surface area contributed by atoms with Crippen molar-refractivity contribution in [1.29, 1.82) is 0 Å². The fourth-order valence-electron chi connectivity index (χ4n) is 4.46. The first-order valence-corrected chi connectivity index (χ1v) is 11.3. The lowest BCUT2D eigenvalue weighted by molar-refractivity contribution is -0.136. The van der Waals surface area contributed by atoms with Crippen LogP contribution in [-0.4, -0.2) is 62.6 Å². The summed E-state index contributed by atoms with van der Waals surface area (Å²) in [6.45, 7) is 5.04. The predicted molar refractivity (Wildman–Crippen MR) is 115 cm³/mol. The van der Waals surface area contributed by atoms with Crippen LogP contribution < -0.4 is 0 Å². The van der Waals surface area contributed by atoms with E-state index in [9.17, 15) is 9.59 Å². The van der Waals surface area contributed by atoms with Crippen molar-refractivity contribution in [3.8, 4) is 0 Å². The molecule has 31 heavy (non-hydrogen) atoms. The van der Waals surface area contributed by atoms with Crippen molar-refractivity contribution in [3.63, 3.8) is 0 Å². The summed E-state index contributed by atoms with van der Waals surface area (Å²) in [6, 6.07) is 9.85. The molecule has 3 heterocycles. The third-order valence-corrected chi connectivity index (χ3v) is 6.17. The Bertz CT molecular complexity index is 898. The normalized spacial score (nSPS) is 19.1. The Morgan fingerprint density at radius 1 is 1.03 bits per heavy atom.